The van der Waals surface area contributed by atoms with Crippen LogP contribution >= 0.6 is 0 Å². The number of carbonyl (C=O) groups is 2. The Bertz CT molecular complexity index is 271. The van der Waals surface area contributed by atoms with Gasteiger partial charge in [-0.25, -0.2) is 9.59 Å². The van der Waals surface area contributed by atoms with Crippen LogP contribution in [-0.2, 0) is 19.1 Å². The van der Waals surface area contributed by atoms with E-state index in [1.54, 1.807) is 34.6 Å². The number of rotatable bonds is 3. The third-order valence-corrected chi connectivity index (χ3v) is 1.40. The molecule has 0 radical (unpaired) electrons. The first-order chi connectivity index (χ1) is 6.81. The molecule has 0 aliphatic heterocycles. The van der Waals surface area contributed by atoms with Crippen LogP contribution in [0.3, 0.4) is 0 Å². The normalized spacial score (nSPS) is 12.2. The monoisotopic (exact) mass is 214 g/mol. The number of hydrogen-bond acceptors (Lipinski definition) is 4. The van der Waals surface area contributed by atoms with Crippen LogP contribution in [0.4, 0.5) is 0 Å². The summed E-state index contributed by atoms with van der Waals surface area (Å²) >= 11 is 0. The lowest BCUT2D eigenvalue weighted by molar-refractivity contribution is -0.154. The fourth-order valence-corrected chi connectivity index (χ4v) is 0.861. The predicted octanol–water partition coefficient (Wildman–Crippen LogP) is 1.84. The van der Waals surface area contributed by atoms with Crippen molar-refractivity contribution in [1.82, 2.24) is 0 Å². The Hall–Kier alpha value is -1.32. The van der Waals surface area contributed by atoms with Gasteiger partial charge in [0.05, 0.1) is 6.61 Å². The van der Waals surface area contributed by atoms with Gasteiger partial charge in [-0.05, 0) is 34.6 Å². The zero-order chi connectivity index (χ0) is 12.1. The summed E-state index contributed by atoms with van der Waals surface area (Å²) in [5.74, 6) is -1.29. The molecule has 86 valence electrons. The molecule has 0 bridgehead atoms. The van der Waals surface area contributed by atoms with Crippen LogP contribution in [0.15, 0.2) is 11.6 Å². The van der Waals surface area contributed by atoms with Crippen LogP contribution in [0.1, 0.15) is 34.6 Å². The lowest BCUT2D eigenvalue weighted by Crippen LogP contribution is -2.27. The predicted molar refractivity (Wildman–Crippen MR) is 56.2 cm³/mol. The number of hydrogen-bond donors (Lipinski definition) is 0. The van der Waals surface area contributed by atoms with E-state index < -0.39 is 17.5 Å². The Morgan fingerprint density at radius 1 is 1.20 bits per heavy atom. The molecule has 0 aromatic rings. The van der Waals surface area contributed by atoms with Gasteiger partial charge in [0.25, 0.3) is 0 Å². The summed E-state index contributed by atoms with van der Waals surface area (Å²) in [4.78, 5) is 22.8. The molecule has 0 fully saturated rings. The van der Waals surface area contributed by atoms with E-state index in [2.05, 4.69) is 0 Å². The van der Waals surface area contributed by atoms with Crippen LogP contribution in [0.2, 0.25) is 0 Å². The Kier molecular flexibility index (Phi) is 5.05. The van der Waals surface area contributed by atoms with Crippen molar-refractivity contribution in [3.63, 3.8) is 0 Å². The second kappa shape index (κ2) is 5.53. The van der Waals surface area contributed by atoms with E-state index in [1.807, 2.05) is 0 Å². The van der Waals surface area contributed by atoms with Gasteiger partial charge in [0.15, 0.2) is 0 Å². The van der Waals surface area contributed by atoms with E-state index in [1.165, 1.54) is 6.08 Å². The van der Waals surface area contributed by atoms with Crippen molar-refractivity contribution in [3.05, 3.63) is 11.6 Å². The number of esters is 2. The first-order valence-corrected chi connectivity index (χ1v) is 4.88. The van der Waals surface area contributed by atoms with Gasteiger partial charge < -0.3 is 9.47 Å². The summed E-state index contributed by atoms with van der Waals surface area (Å²) in [6.07, 6.45) is 1.39. The maximum atomic E-state index is 11.5. The lowest BCUT2D eigenvalue weighted by atomic mass is 10.2. The smallest absolute Gasteiger partial charge is 0.345 e. The molecule has 0 saturated carbocycles. The molecule has 4 nitrogen and oxygen atoms in total. The van der Waals surface area contributed by atoms with Crippen LogP contribution in [0, 0.1) is 0 Å². The zero-order valence-corrected chi connectivity index (χ0v) is 9.92. The highest BCUT2D eigenvalue weighted by Crippen LogP contribution is 2.11. The van der Waals surface area contributed by atoms with Gasteiger partial charge in [0.2, 0.25) is 0 Å². The summed E-state index contributed by atoms with van der Waals surface area (Å²) in [6, 6.07) is 0. The second-order valence-electron chi connectivity index (χ2n) is 3.92. The molecule has 15 heavy (non-hydrogen) atoms. The summed E-state index contributed by atoms with van der Waals surface area (Å²) in [6.45, 7) is 8.73. The Balaban J connectivity index is 4.58. The Morgan fingerprint density at radius 3 is 2.07 bits per heavy atom. The van der Waals surface area contributed by atoms with Gasteiger partial charge >= 0.3 is 11.9 Å². The molecule has 0 aromatic carbocycles. The number of ether oxygens (including phenoxy) is 2. The van der Waals surface area contributed by atoms with E-state index in [-0.39, 0.29) is 12.2 Å². The highest BCUT2D eigenvalue weighted by Gasteiger charge is 2.24. The summed E-state index contributed by atoms with van der Waals surface area (Å²) in [7, 11) is 0. The van der Waals surface area contributed by atoms with Crippen molar-refractivity contribution in [1.29, 1.82) is 0 Å². The molecule has 0 aromatic heterocycles. The molecule has 0 atom stereocenters. The molecule has 0 aliphatic rings. The van der Waals surface area contributed by atoms with Gasteiger partial charge in [0, 0.05) is 0 Å². The average molecular weight is 214 g/mol. The van der Waals surface area contributed by atoms with E-state index in [0.29, 0.717) is 0 Å². The van der Waals surface area contributed by atoms with Crippen molar-refractivity contribution in [2.75, 3.05) is 6.61 Å². The minimum absolute atomic E-state index is 0.0632. The SMILES string of the molecule is C/C=C(\C(=O)OCC)C(=O)OC(C)(C)C. The quantitative estimate of drug-likeness (QED) is 0.311. The van der Waals surface area contributed by atoms with Crippen molar-refractivity contribution in [2.45, 2.75) is 40.2 Å². The van der Waals surface area contributed by atoms with Gasteiger partial charge in [-0.15, -0.1) is 0 Å². The average Bonchev–Trinajstić information content (AvgIpc) is 2.02. The topological polar surface area (TPSA) is 52.6 Å². The molecule has 0 spiro atoms. The van der Waals surface area contributed by atoms with Crippen molar-refractivity contribution < 1.29 is 19.1 Å². The molecule has 0 N–H and O–H groups in total. The van der Waals surface area contributed by atoms with Crippen LogP contribution in [0.25, 0.3) is 0 Å². The fourth-order valence-electron chi connectivity index (χ4n) is 0.861. The number of carbonyl (C=O) groups excluding carboxylic acids is 2. The van der Waals surface area contributed by atoms with E-state index >= 15 is 0 Å². The van der Waals surface area contributed by atoms with Crippen LogP contribution in [-0.4, -0.2) is 24.1 Å². The highest BCUT2D eigenvalue weighted by molar-refractivity contribution is 6.14. The maximum Gasteiger partial charge on any atom is 0.345 e. The van der Waals surface area contributed by atoms with Gasteiger partial charge in [0.1, 0.15) is 11.2 Å². The van der Waals surface area contributed by atoms with Crippen molar-refractivity contribution in [2.24, 2.45) is 0 Å². The maximum absolute atomic E-state index is 11.5. The first-order valence-electron chi connectivity index (χ1n) is 4.88. The van der Waals surface area contributed by atoms with Gasteiger partial charge in [-0.1, -0.05) is 6.08 Å². The van der Waals surface area contributed by atoms with E-state index in [4.69, 9.17) is 9.47 Å². The van der Waals surface area contributed by atoms with E-state index in [9.17, 15) is 9.59 Å². The lowest BCUT2D eigenvalue weighted by Gasteiger charge is -2.19. The van der Waals surface area contributed by atoms with Crippen LogP contribution < -0.4 is 0 Å². The summed E-state index contributed by atoms with van der Waals surface area (Å²) in [5.41, 5.74) is -0.676. The zero-order valence-electron chi connectivity index (χ0n) is 9.92. The summed E-state index contributed by atoms with van der Waals surface area (Å²) in [5, 5.41) is 0. The molecular formula is C11H18O4. The molecule has 0 unspecified atom stereocenters. The molecule has 0 aliphatic carbocycles. The fraction of sp³-hybridized carbons (Fsp3) is 0.636. The summed E-state index contributed by atoms with van der Waals surface area (Å²) < 4.78 is 9.77. The Morgan fingerprint density at radius 2 is 1.73 bits per heavy atom. The number of allylic oxidation sites excluding steroid dienone is 1. The molecular weight excluding hydrogens is 196 g/mol. The van der Waals surface area contributed by atoms with Gasteiger partial charge in [-0.2, -0.15) is 0 Å². The third-order valence-electron chi connectivity index (χ3n) is 1.40. The first kappa shape index (κ1) is 13.7. The van der Waals surface area contributed by atoms with Gasteiger partial charge in [-0.3, -0.25) is 0 Å². The van der Waals surface area contributed by atoms with Crippen molar-refractivity contribution in [3.8, 4) is 0 Å². The Labute approximate surface area is 90.2 Å². The second-order valence-corrected chi connectivity index (χ2v) is 3.92. The van der Waals surface area contributed by atoms with E-state index in [0.717, 1.165) is 0 Å². The molecule has 0 heterocycles. The molecule has 0 saturated heterocycles. The molecule has 4 heteroatoms. The van der Waals surface area contributed by atoms with Crippen LogP contribution in [0.5, 0.6) is 0 Å². The molecule has 0 rings (SSSR count). The minimum Gasteiger partial charge on any atom is -0.462 e. The standard InChI is InChI=1S/C11H18O4/c1-6-8(9(12)14-7-2)10(13)15-11(3,4)5/h6H,7H2,1-5H3/b8-6+. The highest BCUT2D eigenvalue weighted by atomic mass is 16.6. The largest absolute Gasteiger partial charge is 0.462 e. The third kappa shape index (κ3) is 5.20. The van der Waals surface area contributed by atoms with Crippen molar-refractivity contribution >= 4 is 11.9 Å². The molecule has 0 amide bonds. The minimum atomic E-state index is -0.650.